The fourth-order valence-electron chi connectivity index (χ4n) is 1.08. The third-order valence-corrected chi connectivity index (χ3v) is 2.21. The van der Waals surface area contributed by atoms with Gasteiger partial charge in [0.15, 0.2) is 6.29 Å². The first-order valence-corrected chi connectivity index (χ1v) is 4.65. The van der Waals surface area contributed by atoms with Crippen LogP contribution >= 0.6 is 11.6 Å². The zero-order valence-corrected chi connectivity index (χ0v) is 7.64. The van der Waals surface area contributed by atoms with Crippen LogP contribution in [0.4, 0.5) is 0 Å². The summed E-state index contributed by atoms with van der Waals surface area (Å²) >= 11 is 5.59. The summed E-state index contributed by atoms with van der Waals surface area (Å²) in [7, 11) is 0. The summed E-state index contributed by atoms with van der Waals surface area (Å²) in [6.45, 7) is 3.77. The summed E-state index contributed by atoms with van der Waals surface area (Å²) in [5, 5.41) is 0. The Labute approximate surface area is 72.8 Å². The summed E-state index contributed by atoms with van der Waals surface area (Å²) in [6, 6.07) is 0. The van der Waals surface area contributed by atoms with Crippen LogP contribution in [0.3, 0.4) is 0 Å². The molecule has 0 atom stereocenters. The predicted molar refractivity (Wildman–Crippen MR) is 44.8 cm³/mol. The van der Waals surface area contributed by atoms with Crippen molar-refractivity contribution in [2.45, 2.75) is 26.1 Å². The van der Waals surface area contributed by atoms with Crippen LogP contribution < -0.4 is 0 Å². The van der Waals surface area contributed by atoms with Crippen LogP contribution in [0.15, 0.2) is 0 Å². The zero-order valence-electron chi connectivity index (χ0n) is 6.88. The lowest BCUT2D eigenvalue weighted by Crippen LogP contribution is -2.24. The van der Waals surface area contributed by atoms with Crippen molar-refractivity contribution >= 4 is 11.6 Å². The first-order chi connectivity index (χ1) is 5.33. The second-order valence-electron chi connectivity index (χ2n) is 3.01. The van der Waals surface area contributed by atoms with Crippen molar-refractivity contribution in [1.29, 1.82) is 0 Å². The van der Waals surface area contributed by atoms with Crippen LogP contribution in [-0.2, 0) is 9.47 Å². The third kappa shape index (κ3) is 3.41. The maximum Gasteiger partial charge on any atom is 0.170 e. The molecule has 66 valence electrons. The number of rotatable bonds is 1. The zero-order chi connectivity index (χ0) is 8.10. The molecule has 0 aromatic heterocycles. The molecule has 1 fully saturated rings. The van der Waals surface area contributed by atoms with E-state index in [4.69, 9.17) is 21.1 Å². The Morgan fingerprint density at radius 1 is 1.27 bits per heavy atom. The van der Waals surface area contributed by atoms with Gasteiger partial charge < -0.3 is 9.47 Å². The van der Waals surface area contributed by atoms with E-state index in [-0.39, 0.29) is 6.29 Å². The Morgan fingerprint density at radius 3 is 2.27 bits per heavy atom. The highest BCUT2D eigenvalue weighted by Gasteiger charge is 2.13. The summed E-state index contributed by atoms with van der Waals surface area (Å²) < 4.78 is 10.7. The Bertz CT molecular complexity index is 98.3. The lowest BCUT2D eigenvalue weighted by molar-refractivity contribution is -0.142. The summed E-state index contributed by atoms with van der Waals surface area (Å²) in [5.74, 6) is 1.15. The van der Waals surface area contributed by atoms with E-state index in [0.29, 0.717) is 11.8 Å². The molecule has 0 N–H and O–H groups in total. The fraction of sp³-hybridized carbons (Fsp3) is 1.00. The van der Waals surface area contributed by atoms with Gasteiger partial charge in [0, 0.05) is 0 Å². The van der Waals surface area contributed by atoms with Gasteiger partial charge in [-0.15, -0.1) is 11.6 Å². The number of hydrogen-bond acceptors (Lipinski definition) is 2. The van der Waals surface area contributed by atoms with Gasteiger partial charge in [0.2, 0.25) is 0 Å². The van der Waals surface area contributed by atoms with Gasteiger partial charge in [0.25, 0.3) is 0 Å². The quantitative estimate of drug-likeness (QED) is 0.572. The molecule has 0 saturated carbocycles. The van der Waals surface area contributed by atoms with Crippen LogP contribution in [-0.4, -0.2) is 25.4 Å². The average Bonchev–Trinajstić information content (AvgIpc) is 1.96. The van der Waals surface area contributed by atoms with E-state index in [9.17, 15) is 0 Å². The van der Waals surface area contributed by atoms with Crippen molar-refractivity contribution in [3.8, 4) is 0 Å². The van der Waals surface area contributed by atoms with E-state index in [2.05, 4.69) is 6.92 Å². The van der Waals surface area contributed by atoms with E-state index in [1.54, 1.807) is 0 Å². The van der Waals surface area contributed by atoms with E-state index < -0.39 is 0 Å². The standard InChI is InChI=1S/C8H15ClO2/c1-7-2-4-10-8(6-9)11-5-3-7/h7-8H,2-6H2,1H3. The Kier molecular flexibility index (Phi) is 4.20. The molecule has 0 unspecified atom stereocenters. The number of alkyl halides is 1. The molecule has 0 spiro atoms. The Morgan fingerprint density at radius 2 is 1.82 bits per heavy atom. The molecule has 2 nitrogen and oxygen atoms in total. The van der Waals surface area contributed by atoms with Crippen LogP contribution in [0.1, 0.15) is 19.8 Å². The molecule has 0 amide bonds. The fourth-order valence-corrected chi connectivity index (χ4v) is 1.26. The van der Waals surface area contributed by atoms with Gasteiger partial charge >= 0.3 is 0 Å². The molecule has 1 heterocycles. The second-order valence-corrected chi connectivity index (χ2v) is 3.32. The van der Waals surface area contributed by atoms with Gasteiger partial charge in [-0.1, -0.05) is 6.92 Å². The molecule has 1 aliphatic heterocycles. The van der Waals surface area contributed by atoms with E-state index >= 15 is 0 Å². The van der Waals surface area contributed by atoms with E-state index in [1.807, 2.05) is 0 Å². The van der Waals surface area contributed by atoms with Gasteiger partial charge in [-0.05, 0) is 18.8 Å². The molecule has 1 aliphatic rings. The van der Waals surface area contributed by atoms with Gasteiger partial charge in [0.05, 0.1) is 19.1 Å². The minimum absolute atomic E-state index is 0.177. The molecule has 0 bridgehead atoms. The van der Waals surface area contributed by atoms with Crippen molar-refractivity contribution in [2.24, 2.45) is 5.92 Å². The maximum absolute atomic E-state index is 5.59. The van der Waals surface area contributed by atoms with Gasteiger partial charge in [-0.2, -0.15) is 0 Å². The Hall–Kier alpha value is 0.210. The highest BCUT2D eigenvalue weighted by atomic mass is 35.5. The predicted octanol–water partition coefficient (Wildman–Crippen LogP) is 2.01. The highest BCUT2D eigenvalue weighted by Crippen LogP contribution is 2.13. The molecular formula is C8H15ClO2. The van der Waals surface area contributed by atoms with Crippen LogP contribution in [0, 0.1) is 5.92 Å². The monoisotopic (exact) mass is 178 g/mol. The van der Waals surface area contributed by atoms with Crippen molar-refractivity contribution in [3.05, 3.63) is 0 Å². The molecule has 1 rings (SSSR count). The van der Waals surface area contributed by atoms with E-state index in [0.717, 1.165) is 26.1 Å². The first-order valence-electron chi connectivity index (χ1n) is 4.12. The molecule has 0 radical (unpaired) electrons. The van der Waals surface area contributed by atoms with E-state index in [1.165, 1.54) is 0 Å². The van der Waals surface area contributed by atoms with Crippen LogP contribution in [0.25, 0.3) is 0 Å². The largest absolute Gasteiger partial charge is 0.351 e. The molecule has 0 aromatic rings. The minimum atomic E-state index is -0.177. The number of ether oxygens (including phenoxy) is 2. The lowest BCUT2D eigenvalue weighted by Gasteiger charge is -2.22. The SMILES string of the molecule is CC1CCOC(CCl)OCC1. The van der Waals surface area contributed by atoms with Crippen LogP contribution in [0.5, 0.6) is 0 Å². The normalized spacial score (nSPS) is 34.4. The molecule has 1 saturated heterocycles. The van der Waals surface area contributed by atoms with Gasteiger partial charge in [-0.25, -0.2) is 0 Å². The Balaban J connectivity index is 2.22. The number of halogens is 1. The molecule has 0 aliphatic carbocycles. The van der Waals surface area contributed by atoms with Crippen LogP contribution in [0.2, 0.25) is 0 Å². The van der Waals surface area contributed by atoms with Crippen molar-refractivity contribution in [1.82, 2.24) is 0 Å². The molecule has 0 aromatic carbocycles. The van der Waals surface area contributed by atoms with Crippen molar-refractivity contribution in [2.75, 3.05) is 19.1 Å². The van der Waals surface area contributed by atoms with Crippen molar-refractivity contribution in [3.63, 3.8) is 0 Å². The maximum atomic E-state index is 5.59. The van der Waals surface area contributed by atoms with Gasteiger partial charge in [0.1, 0.15) is 0 Å². The molecule has 3 heteroatoms. The molecule has 11 heavy (non-hydrogen) atoms. The van der Waals surface area contributed by atoms with Gasteiger partial charge in [-0.3, -0.25) is 0 Å². The smallest absolute Gasteiger partial charge is 0.170 e. The number of hydrogen-bond donors (Lipinski definition) is 0. The molecular weight excluding hydrogens is 164 g/mol. The topological polar surface area (TPSA) is 18.5 Å². The first kappa shape index (κ1) is 9.30. The summed E-state index contributed by atoms with van der Waals surface area (Å²) in [5.41, 5.74) is 0. The summed E-state index contributed by atoms with van der Waals surface area (Å²) in [4.78, 5) is 0. The summed E-state index contributed by atoms with van der Waals surface area (Å²) in [6.07, 6.45) is 2.07. The lowest BCUT2D eigenvalue weighted by atomic mass is 10.1. The third-order valence-electron chi connectivity index (χ3n) is 1.95. The minimum Gasteiger partial charge on any atom is -0.351 e. The van der Waals surface area contributed by atoms with Crippen molar-refractivity contribution < 1.29 is 9.47 Å². The average molecular weight is 179 g/mol. The highest BCUT2D eigenvalue weighted by molar-refractivity contribution is 6.18. The second kappa shape index (κ2) is 4.96.